The topological polar surface area (TPSA) is 63.1 Å². The van der Waals surface area contributed by atoms with Crippen LogP contribution in [-0.4, -0.2) is 39.2 Å². The maximum atomic E-state index is 12.1. The number of likely N-dealkylation sites (tertiary alicyclic amines) is 1. The summed E-state index contributed by atoms with van der Waals surface area (Å²) in [6, 6.07) is 0.0984. The van der Waals surface area contributed by atoms with Crippen LogP contribution in [0.3, 0.4) is 0 Å². The lowest BCUT2D eigenvalue weighted by molar-refractivity contribution is -0.127. The summed E-state index contributed by atoms with van der Waals surface area (Å²) in [6.45, 7) is 5.92. The van der Waals surface area contributed by atoms with E-state index in [0.717, 1.165) is 23.7 Å². The molecule has 0 aromatic carbocycles. The Labute approximate surface area is 146 Å². The minimum atomic E-state index is 0.0984. The second-order valence-corrected chi connectivity index (χ2v) is 7.95. The van der Waals surface area contributed by atoms with E-state index in [1.165, 1.54) is 4.88 Å². The Morgan fingerprint density at radius 1 is 1.38 bits per heavy atom. The predicted molar refractivity (Wildman–Crippen MR) is 94.7 cm³/mol. The van der Waals surface area contributed by atoms with E-state index in [1.54, 1.807) is 16.0 Å². The van der Waals surface area contributed by atoms with Crippen LogP contribution in [0.5, 0.6) is 0 Å². The molecular weight excluding hydrogens is 322 g/mol. The number of carbonyl (C=O) groups excluding carboxylic acids is 1. The van der Waals surface area contributed by atoms with Gasteiger partial charge in [0.15, 0.2) is 0 Å². The van der Waals surface area contributed by atoms with Crippen LogP contribution in [0.2, 0.25) is 0 Å². The van der Waals surface area contributed by atoms with Crippen molar-refractivity contribution in [3.05, 3.63) is 34.0 Å². The van der Waals surface area contributed by atoms with Crippen molar-refractivity contribution < 1.29 is 4.79 Å². The van der Waals surface area contributed by atoms with Gasteiger partial charge >= 0.3 is 0 Å². The minimum Gasteiger partial charge on any atom is -0.338 e. The molecule has 1 N–H and O–H groups in total. The van der Waals surface area contributed by atoms with Crippen molar-refractivity contribution in [1.29, 1.82) is 0 Å². The van der Waals surface area contributed by atoms with Crippen LogP contribution in [0, 0.1) is 5.92 Å². The molecule has 130 valence electrons. The highest BCUT2D eigenvalue weighted by Crippen LogP contribution is 2.36. The van der Waals surface area contributed by atoms with Gasteiger partial charge in [0.25, 0.3) is 0 Å². The fourth-order valence-corrected chi connectivity index (χ4v) is 4.15. The standard InChI is InChI=1S/C17H25N5OS/c1-11(2)14-8-19-15(24-14)9-18-6-12-5-16(23)22(4)17(12)13-7-20-21(3)10-13/h7-8,10-12,17-18H,5-6,9H2,1-4H3/t12-,17+/m0/s1. The van der Waals surface area contributed by atoms with E-state index in [0.29, 0.717) is 12.3 Å². The molecule has 3 heterocycles. The van der Waals surface area contributed by atoms with Crippen molar-refractivity contribution in [3.63, 3.8) is 0 Å². The average molecular weight is 347 g/mol. The summed E-state index contributed by atoms with van der Waals surface area (Å²) in [5.74, 6) is 0.982. The number of carbonyl (C=O) groups is 1. The first-order valence-corrected chi connectivity index (χ1v) is 9.17. The number of aromatic nitrogens is 3. The third-order valence-electron chi connectivity index (χ3n) is 4.58. The Bertz CT molecular complexity index is 707. The lowest BCUT2D eigenvalue weighted by Crippen LogP contribution is -2.28. The summed E-state index contributed by atoms with van der Waals surface area (Å²) in [7, 11) is 3.79. The van der Waals surface area contributed by atoms with E-state index >= 15 is 0 Å². The number of amides is 1. The molecule has 0 radical (unpaired) electrons. The summed E-state index contributed by atoms with van der Waals surface area (Å²) in [5, 5.41) is 8.84. The maximum absolute atomic E-state index is 12.1. The molecule has 24 heavy (non-hydrogen) atoms. The number of hydrogen-bond acceptors (Lipinski definition) is 5. The minimum absolute atomic E-state index is 0.0984. The van der Waals surface area contributed by atoms with Gasteiger partial charge in [0.05, 0.1) is 12.2 Å². The summed E-state index contributed by atoms with van der Waals surface area (Å²) >= 11 is 1.76. The molecular formula is C17H25N5OS. The van der Waals surface area contributed by atoms with Crippen molar-refractivity contribution in [2.75, 3.05) is 13.6 Å². The zero-order valence-electron chi connectivity index (χ0n) is 14.7. The van der Waals surface area contributed by atoms with Crippen LogP contribution in [-0.2, 0) is 18.4 Å². The molecule has 1 saturated heterocycles. The van der Waals surface area contributed by atoms with E-state index < -0.39 is 0 Å². The van der Waals surface area contributed by atoms with Gasteiger partial charge in [0, 0.05) is 62.4 Å². The quantitative estimate of drug-likeness (QED) is 0.871. The Kier molecular flexibility index (Phi) is 5.01. The lowest BCUT2D eigenvalue weighted by atomic mass is 9.96. The Morgan fingerprint density at radius 3 is 2.79 bits per heavy atom. The van der Waals surface area contributed by atoms with E-state index in [4.69, 9.17) is 0 Å². The Hall–Kier alpha value is -1.73. The first-order chi connectivity index (χ1) is 11.5. The van der Waals surface area contributed by atoms with Gasteiger partial charge < -0.3 is 10.2 Å². The van der Waals surface area contributed by atoms with E-state index in [-0.39, 0.29) is 17.9 Å². The average Bonchev–Trinajstić information content (AvgIpc) is 3.21. The summed E-state index contributed by atoms with van der Waals surface area (Å²) < 4.78 is 1.79. The number of hydrogen-bond donors (Lipinski definition) is 1. The van der Waals surface area contributed by atoms with E-state index in [9.17, 15) is 4.79 Å². The van der Waals surface area contributed by atoms with Crippen LogP contribution >= 0.6 is 11.3 Å². The first kappa shape index (κ1) is 17.1. The van der Waals surface area contributed by atoms with Gasteiger partial charge in [0.2, 0.25) is 5.91 Å². The monoisotopic (exact) mass is 347 g/mol. The predicted octanol–water partition coefficient (Wildman–Crippen LogP) is 2.31. The van der Waals surface area contributed by atoms with Crippen molar-refractivity contribution >= 4 is 17.2 Å². The zero-order chi connectivity index (χ0) is 17.3. The van der Waals surface area contributed by atoms with Crippen LogP contribution in [0.4, 0.5) is 0 Å². The Morgan fingerprint density at radius 2 is 2.17 bits per heavy atom. The van der Waals surface area contributed by atoms with Gasteiger partial charge in [-0.3, -0.25) is 9.48 Å². The van der Waals surface area contributed by atoms with E-state index in [1.807, 2.05) is 37.6 Å². The normalized spacial score (nSPS) is 21.2. The molecule has 0 saturated carbocycles. The largest absolute Gasteiger partial charge is 0.338 e. The number of nitrogens with zero attached hydrogens (tertiary/aromatic N) is 4. The van der Waals surface area contributed by atoms with Gasteiger partial charge in [-0.25, -0.2) is 4.98 Å². The molecule has 6 nitrogen and oxygen atoms in total. The van der Waals surface area contributed by atoms with Crippen LogP contribution in [0.25, 0.3) is 0 Å². The third-order valence-corrected chi connectivity index (χ3v) is 5.88. The molecule has 2 atom stereocenters. The third kappa shape index (κ3) is 3.52. The van der Waals surface area contributed by atoms with Crippen molar-refractivity contribution in [1.82, 2.24) is 25.0 Å². The molecule has 1 amide bonds. The van der Waals surface area contributed by atoms with Crippen molar-refractivity contribution in [2.24, 2.45) is 13.0 Å². The van der Waals surface area contributed by atoms with Gasteiger partial charge in [-0.15, -0.1) is 11.3 Å². The molecule has 1 aliphatic rings. The van der Waals surface area contributed by atoms with Gasteiger partial charge in [-0.2, -0.15) is 5.10 Å². The van der Waals surface area contributed by atoms with Crippen LogP contribution in [0.15, 0.2) is 18.6 Å². The molecule has 1 aliphatic heterocycles. The van der Waals surface area contributed by atoms with Crippen molar-refractivity contribution in [2.45, 2.75) is 38.8 Å². The smallest absolute Gasteiger partial charge is 0.223 e. The van der Waals surface area contributed by atoms with E-state index in [2.05, 4.69) is 29.2 Å². The van der Waals surface area contributed by atoms with Gasteiger partial charge in [-0.1, -0.05) is 13.8 Å². The fourth-order valence-electron chi connectivity index (χ4n) is 3.26. The molecule has 3 rings (SSSR count). The second kappa shape index (κ2) is 7.03. The van der Waals surface area contributed by atoms with Gasteiger partial charge in [-0.05, 0) is 5.92 Å². The highest BCUT2D eigenvalue weighted by Gasteiger charge is 2.38. The molecule has 0 unspecified atom stereocenters. The van der Waals surface area contributed by atoms with Crippen LogP contribution < -0.4 is 5.32 Å². The molecule has 1 fully saturated rings. The lowest BCUT2D eigenvalue weighted by Gasteiger charge is -2.24. The molecule has 2 aromatic heterocycles. The summed E-state index contributed by atoms with van der Waals surface area (Å²) in [6.07, 6.45) is 6.42. The number of nitrogens with one attached hydrogen (secondary N) is 1. The second-order valence-electron chi connectivity index (χ2n) is 6.80. The van der Waals surface area contributed by atoms with Crippen molar-refractivity contribution in [3.8, 4) is 0 Å². The molecule has 7 heteroatoms. The highest BCUT2D eigenvalue weighted by atomic mass is 32.1. The van der Waals surface area contributed by atoms with Gasteiger partial charge in [0.1, 0.15) is 5.01 Å². The SMILES string of the molecule is CC(C)c1cnc(CNC[C@@H]2CC(=O)N(C)[C@H]2c2cnn(C)c2)s1. The number of aryl methyl sites for hydroxylation is 1. The molecule has 0 spiro atoms. The summed E-state index contributed by atoms with van der Waals surface area (Å²) in [4.78, 5) is 19.8. The van der Waals surface area contributed by atoms with Crippen LogP contribution in [0.1, 0.15) is 47.7 Å². The summed E-state index contributed by atoms with van der Waals surface area (Å²) in [5.41, 5.74) is 1.11. The first-order valence-electron chi connectivity index (χ1n) is 8.35. The number of rotatable bonds is 6. The molecule has 2 aromatic rings. The fraction of sp³-hybridized carbons (Fsp3) is 0.588. The molecule has 0 aliphatic carbocycles. The molecule has 0 bridgehead atoms. The number of thiazole rings is 1. The zero-order valence-corrected chi connectivity index (χ0v) is 15.5. The Balaban J connectivity index is 1.61. The highest BCUT2D eigenvalue weighted by molar-refractivity contribution is 7.11. The maximum Gasteiger partial charge on any atom is 0.223 e.